The average molecular weight is 373 g/mol. The molecule has 7 heteroatoms. The van der Waals surface area contributed by atoms with Crippen LogP contribution in [-0.2, 0) is 4.79 Å². The van der Waals surface area contributed by atoms with Crippen LogP contribution < -0.4 is 5.32 Å². The van der Waals surface area contributed by atoms with Gasteiger partial charge in [0, 0.05) is 17.4 Å². The predicted molar refractivity (Wildman–Crippen MR) is 98.9 cm³/mol. The van der Waals surface area contributed by atoms with Gasteiger partial charge in [0.2, 0.25) is 5.91 Å². The zero-order chi connectivity index (χ0) is 18.5. The van der Waals surface area contributed by atoms with Crippen molar-refractivity contribution in [1.82, 2.24) is 9.97 Å². The first-order chi connectivity index (χ1) is 12.6. The van der Waals surface area contributed by atoms with E-state index in [1.807, 2.05) is 18.4 Å². The van der Waals surface area contributed by atoms with Crippen molar-refractivity contribution in [2.75, 3.05) is 5.32 Å². The first-order valence-electron chi connectivity index (χ1n) is 8.23. The van der Waals surface area contributed by atoms with Crippen LogP contribution in [0.5, 0.6) is 0 Å². The molecule has 2 aromatic heterocycles. The fourth-order valence-corrected chi connectivity index (χ4v) is 3.17. The first kappa shape index (κ1) is 18.1. The summed E-state index contributed by atoms with van der Waals surface area (Å²) in [6.07, 6.45) is 5.40. The number of carbonyl (C=O) groups excluding carboxylic acids is 1. The summed E-state index contributed by atoms with van der Waals surface area (Å²) in [6.45, 7) is 2.04. The van der Waals surface area contributed by atoms with Crippen molar-refractivity contribution in [3.63, 3.8) is 0 Å². The Morgan fingerprint density at radius 1 is 1.15 bits per heavy atom. The van der Waals surface area contributed by atoms with Gasteiger partial charge in [-0.05, 0) is 30.7 Å². The summed E-state index contributed by atoms with van der Waals surface area (Å²) in [5.74, 6) is -1.85. The molecule has 1 aromatic carbocycles. The van der Waals surface area contributed by atoms with Crippen molar-refractivity contribution < 1.29 is 13.6 Å². The SMILES string of the molecule is CCCCC(=O)Nc1csc(-c2cncc(-c3ccc(F)c(F)c3)n2)c1. The molecule has 26 heavy (non-hydrogen) atoms. The number of hydrogen-bond donors (Lipinski definition) is 1. The summed E-state index contributed by atoms with van der Waals surface area (Å²) in [6, 6.07) is 5.44. The van der Waals surface area contributed by atoms with Gasteiger partial charge in [0.15, 0.2) is 11.6 Å². The minimum Gasteiger partial charge on any atom is -0.325 e. The summed E-state index contributed by atoms with van der Waals surface area (Å²) < 4.78 is 26.5. The Balaban J connectivity index is 1.80. The van der Waals surface area contributed by atoms with E-state index >= 15 is 0 Å². The predicted octanol–water partition coefficient (Wildman–Crippen LogP) is 5.28. The maximum absolute atomic E-state index is 13.4. The van der Waals surface area contributed by atoms with Crippen LogP contribution in [0.2, 0.25) is 0 Å². The van der Waals surface area contributed by atoms with Crippen LogP contribution in [0.4, 0.5) is 14.5 Å². The van der Waals surface area contributed by atoms with Gasteiger partial charge in [-0.1, -0.05) is 13.3 Å². The molecule has 0 aliphatic rings. The van der Waals surface area contributed by atoms with Crippen molar-refractivity contribution in [2.45, 2.75) is 26.2 Å². The van der Waals surface area contributed by atoms with Gasteiger partial charge < -0.3 is 5.32 Å². The largest absolute Gasteiger partial charge is 0.325 e. The van der Waals surface area contributed by atoms with Gasteiger partial charge in [-0.25, -0.2) is 13.8 Å². The molecule has 2 heterocycles. The third-order valence-corrected chi connectivity index (χ3v) is 4.70. The minimum absolute atomic E-state index is 0.0159. The Labute approximate surface area is 153 Å². The lowest BCUT2D eigenvalue weighted by molar-refractivity contribution is -0.116. The van der Waals surface area contributed by atoms with E-state index in [2.05, 4.69) is 15.3 Å². The highest BCUT2D eigenvalue weighted by molar-refractivity contribution is 7.14. The van der Waals surface area contributed by atoms with Crippen LogP contribution in [0.15, 0.2) is 42.0 Å². The molecule has 0 saturated carbocycles. The maximum Gasteiger partial charge on any atom is 0.224 e. The van der Waals surface area contributed by atoms with Crippen molar-refractivity contribution in [3.05, 3.63) is 53.7 Å². The number of hydrogen-bond acceptors (Lipinski definition) is 4. The van der Waals surface area contributed by atoms with E-state index < -0.39 is 11.6 Å². The molecule has 0 aliphatic heterocycles. The molecule has 0 fully saturated rings. The molecule has 0 radical (unpaired) electrons. The normalized spacial score (nSPS) is 10.7. The topological polar surface area (TPSA) is 54.9 Å². The number of nitrogens with one attached hydrogen (secondary N) is 1. The summed E-state index contributed by atoms with van der Waals surface area (Å²) in [4.78, 5) is 21.3. The lowest BCUT2D eigenvalue weighted by Crippen LogP contribution is -2.09. The van der Waals surface area contributed by atoms with Gasteiger partial charge >= 0.3 is 0 Å². The second-order valence-electron chi connectivity index (χ2n) is 5.77. The zero-order valence-corrected chi connectivity index (χ0v) is 14.9. The lowest BCUT2D eigenvalue weighted by Gasteiger charge is -2.04. The molecule has 134 valence electrons. The van der Waals surface area contributed by atoms with Crippen molar-refractivity contribution in [2.24, 2.45) is 0 Å². The first-order valence-corrected chi connectivity index (χ1v) is 9.11. The van der Waals surface area contributed by atoms with Crippen molar-refractivity contribution in [1.29, 1.82) is 0 Å². The molecule has 1 amide bonds. The van der Waals surface area contributed by atoms with Crippen LogP contribution in [0.25, 0.3) is 21.8 Å². The van der Waals surface area contributed by atoms with Crippen molar-refractivity contribution >= 4 is 22.9 Å². The van der Waals surface area contributed by atoms with Crippen LogP contribution in [0.3, 0.4) is 0 Å². The van der Waals surface area contributed by atoms with E-state index in [1.165, 1.54) is 23.6 Å². The second-order valence-corrected chi connectivity index (χ2v) is 6.68. The standard InChI is InChI=1S/C19H17F2N3OS/c1-2-3-4-19(25)23-13-8-18(26-11-13)17-10-22-9-16(24-17)12-5-6-14(20)15(21)7-12/h5-11H,2-4H2,1H3,(H,23,25). The Hall–Kier alpha value is -2.67. The molecule has 0 unspecified atom stereocenters. The van der Waals surface area contributed by atoms with Gasteiger partial charge in [0.25, 0.3) is 0 Å². The number of anilines is 1. The zero-order valence-electron chi connectivity index (χ0n) is 14.1. The molecule has 4 nitrogen and oxygen atoms in total. The highest BCUT2D eigenvalue weighted by Crippen LogP contribution is 2.30. The summed E-state index contributed by atoms with van der Waals surface area (Å²) in [7, 11) is 0. The Bertz CT molecular complexity index is 927. The molecular weight excluding hydrogens is 356 g/mol. The van der Waals surface area contributed by atoms with E-state index in [-0.39, 0.29) is 5.91 Å². The quantitative estimate of drug-likeness (QED) is 0.640. The lowest BCUT2D eigenvalue weighted by atomic mass is 10.1. The second kappa shape index (κ2) is 8.14. The third kappa shape index (κ3) is 4.29. The number of rotatable bonds is 6. The van der Waals surface area contributed by atoms with Crippen LogP contribution in [0, 0.1) is 11.6 Å². The van der Waals surface area contributed by atoms with Crippen molar-refractivity contribution in [3.8, 4) is 21.8 Å². The summed E-state index contributed by atoms with van der Waals surface area (Å²) >= 11 is 1.43. The van der Waals surface area contributed by atoms with Gasteiger partial charge in [0.1, 0.15) is 0 Å². The van der Waals surface area contributed by atoms with E-state index in [0.717, 1.165) is 29.9 Å². The van der Waals surface area contributed by atoms with Gasteiger partial charge in [-0.3, -0.25) is 9.78 Å². The molecule has 0 saturated heterocycles. The third-order valence-electron chi connectivity index (χ3n) is 3.74. The Morgan fingerprint density at radius 2 is 1.96 bits per heavy atom. The maximum atomic E-state index is 13.4. The molecule has 1 N–H and O–H groups in total. The van der Waals surface area contributed by atoms with Crippen LogP contribution >= 0.6 is 11.3 Å². The molecule has 0 bridgehead atoms. The van der Waals surface area contributed by atoms with Gasteiger partial charge in [0.05, 0.1) is 34.3 Å². The number of benzene rings is 1. The summed E-state index contributed by atoms with van der Waals surface area (Å²) in [5, 5.41) is 4.70. The highest BCUT2D eigenvalue weighted by Gasteiger charge is 2.10. The number of amides is 1. The molecule has 0 spiro atoms. The number of carbonyl (C=O) groups is 1. The number of aromatic nitrogens is 2. The molecular formula is C19H17F2N3OS. The molecule has 0 atom stereocenters. The Kier molecular flexibility index (Phi) is 5.68. The summed E-state index contributed by atoms with van der Waals surface area (Å²) in [5.41, 5.74) is 2.21. The number of unbranched alkanes of at least 4 members (excludes halogenated alkanes) is 1. The van der Waals surface area contributed by atoms with E-state index in [9.17, 15) is 13.6 Å². The average Bonchev–Trinajstić information content (AvgIpc) is 3.11. The molecule has 3 rings (SSSR count). The van der Waals surface area contributed by atoms with Gasteiger partial charge in [-0.2, -0.15) is 0 Å². The molecule has 3 aromatic rings. The molecule has 0 aliphatic carbocycles. The van der Waals surface area contributed by atoms with Crippen LogP contribution in [-0.4, -0.2) is 15.9 Å². The number of nitrogens with zero attached hydrogens (tertiary/aromatic N) is 2. The van der Waals surface area contributed by atoms with E-state index in [0.29, 0.717) is 29.1 Å². The van der Waals surface area contributed by atoms with Crippen LogP contribution in [0.1, 0.15) is 26.2 Å². The van der Waals surface area contributed by atoms with Gasteiger partial charge in [-0.15, -0.1) is 11.3 Å². The van der Waals surface area contributed by atoms with E-state index in [4.69, 9.17) is 0 Å². The fourth-order valence-electron chi connectivity index (χ4n) is 2.38. The highest BCUT2D eigenvalue weighted by atomic mass is 32.1. The number of thiophene rings is 1. The van der Waals surface area contributed by atoms with E-state index in [1.54, 1.807) is 6.20 Å². The number of halogens is 2. The smallest absolute Gasteiger partial charge is 0.224 e. The minimum atomic E-state index is -0.928. The monoisotopic (exact) mass is 373 g/mol. The Morgan fingerprint density at radius 3 is 2.73 bits per heavy atom. The fraction of sp³-hybridized carbons (Fsp3) is 0.211.